The van der Waals surface area contributed by atoms with Crippen molar-refractivity contribution in [1.29, 1.82) is 0 Å². The third-order valence-electron chi connectivity index (χ3n) is 6.22. The first-order valence-electron chi connectivity index (χ1n) is 12.6. The molecule has 0 N–H and O–H groups in total. The molecule has 5 rings (SSSR count). The standard InChI is InChI=1S/C31H29N3O2S2/c1-4-33-26-21-25(36-3)17-18-27(26)37-29(33)20-19-28-30(35)34(5-2)31(38-28)32-24-15-13-23(14-16-24)12-11-22-9-7-6-8-10-22/h6-21H,4-5H2,1-3H3/b12-11+,28-19-,29-20+,32-31?. The highest BCUT2D eigenvalue weighted by molar-refractivity contribution is 8.18. The van der Waals surface area contributed by atoms with Crippen LogP contribution in [0.5, 0.6) is 5.75 Å². The number of methoxy groups -OCH3 is 1. The predicted octanol–water partition coefficient (Wildman–Crippen LogP) is 7.81. The lowest BCUT2D eigenvalue weighted by Gasteiger charge is -2.18. The molecule has 0 unspecified atom stereocenters. The van der Waals surface area contributed by atoms with E-state index in [9.17, 15) is 4.79 Å². The van der Waals surface area contributed by atoms with Gasteiger partial charge in [0.1, 0.15) is 5.75 Å². The summed E-state index contributed by atoms with van der Waals surface area (Å²) in [7, 11) is 1.68. The zero-order valence-corrected chi connectivity index (χ0v) is 23.3. The molecule has 2 heterocycles. The van der Waals surface area contributed by atoms with Crippen LogP contribution >= 0.6 is 23.5 Å². The van der Waals surface area contributed by atoms with Crippen LogP contribution in [0.3, 0.4) is 0 Å². The van der Waals surface area contributed by atoms with Gasteiger partial charge in [0.05, 0.1) is 28.4 Å². The van der Waals surface area contributed by atoms with E-state index in [2.05, 4.69) is 48.2 Å². The lowest BCUT2D eigenvalue weighted by atomic mass is 10.1. The zero-order valence-electron chi connectivity index (χ0n) is 21.6. The van der Waals surface area contributed by atoms with Crippen LogP contribution in [0.25, 0.3) is 12.2 Å². The number of aliphatic imine (C=N–C) groups is 1. The molecule has 0 spiro atoms. The lowest BCUT2D eigenvalue weighted by Crippen LogP contribution is -2.28. The molecule has 3 aromatic carbocycles. The van der Waals surface area contributed by atoms with Crippen molar-refractivity contribution in [2.45, 2.75) is 18.7 Å². The van der Waals surface area contributed by atoms with Crippen LogP contribution in [0.1, 0.15) is 25.0 Å². The van der Waals surface area contributed by atoms with Crippen LogP contribution in [0.4, 0.5) is 11.4 Å². The molecule has 0 bridgehead atoms. The summed E-state index contributed by atoms with van der Waals surface area (Å²) in [4.78, 5) is 23.8. The molecule has 1 fully saturated rings. The maximum absolute atomic E-state index is 13.1. The van der Waals surface area contributed by atoms with E-state index in [-0.39, 0.29) is 5.91 Å². The minimum absolute atomic E-state index is 0.0132. The Bertz CT molecular complexity index is 1440. The third kappa shape index (κ3) is 5.59. The van der Waals surface area contributed by atoms with Crippen molar-refractivity contribution in [2.24, 2.45) is 4.99 Å². The molecular weight excluding hydrogens is 510 g/mol. The highest BCUT2D eigenvalue weighted by atomic mass is 32.2. The number of hydrogen-bond donors (Lipinski definition) is 0. The summed E-state index contributed by atoms with van der Waals surface area (Å²) in [6.45, 7) is 5.49. The lowest BCUT2D eigenvalue weighted by molar-refractivity contribution is -0.122. The smallest absolute Gasteiger partial charge is 0.266 e. The van der Waals surface area contributed by atoms with Crippen LogP contribution in [0.15, 0.2) is 105 Å². The van der Waals surface area contributed by atoms with Gasteiger partial charge in [-0.05, 0) is 73.2 Å². The van der Waals surface area contributed by atoms with Crippen LogP contribution in [0, 0.1) is 0 Å². The van der Waals surface area contributed by atoms with E-state index in [1.165, 1.54) is 16.7 Å². The van der Waals surface area contributed by atoms with Gasteiger partial charge in [-0.3, -0.25) is 9.69 Å². The number of allylic oxidation sites excluding steroid dienone is 2. The molecular formula is C31H29N3O2S2. The number of amidine groups is 1. The third-order valence-corrected chi connectivity index (χ3v) is 8.38. The van der Waals surface area contributed by atoms with Gasteiger partial charge < -0.3 is 9.64 Å². The van der Waals surface area contributed by atoms with E-state index in [0.717, 1.165) is 39.8 Å². The molecule has 1 amide bonds. The fourth-order valence-electron chi connectivity index (χ4n) is 4.22. The molecule has 192 valence electrons. The number of carbonyl (C=O) groups excluding carboxylic acids is 1. The second-order valence-electron chi connectivity index (χ2n) is 8.60. The fraction of sp³-hybridized carbons (Fsp3) is 0.161. The summed E-state index contributed by atoms with van der Waals surface area (Å²) in [6, 6.07) is 24.4. The maximum Gasteiger partial charge on any atom is 0.266 e. The number of rotatable bonds is 7. The van der Waals surface area contributed by atoms with Crippen molar-refractivity contribution in [3.8, 4) is 5.75 Å². The van der Waals surface area contributed by atoms with E-state index in [0.29, 0.717) is 16.6 Å². The number of hydrogen-bond acceptors (Lipinski definition) is 6. The van der Waals surface area contributed by atoms with Gasteiger partial charge in [0.2, 0.25) is 0 Å². The van der Waals surface area contributed by atoms with Gasteiger partial charge in [-0.15, -0.1) is 0 Å². The number of ether oxygens (including phenoxy) is 1. The largest absolute Gasteiger partial charge is 0.497 e. The molecule has 2 aliphatic rings. The SMILES string of the molecule is CCN1C(=O)/C(=C/C=C2/Sc3ccc(OC)cc3N2CC)SC1=Nc1ccc(/C=C/c2ccccc2)cc1. The number of carbonyl (C=O) groups is 1. The second kappa shape index (κ2) is 11.8. The van der Waals surface area contributed by atoms with Gasteiger partial charge in [0.25, 0.3) is 5.91 Å². The van der Waals surface area contributed by atoms with E-state index in [1.807, 2.05) is 67.6 Å². The summed E-state index contributed by atoms with van der Waals surface area (Å²) in [6.07, 6.45) is 8.13. The van der Waals surface area contributed by atoms with E-state index < -0.39 is 0 Å². The minimum atomic E-state index is -0.0132. The Kier molecular flexibility index (Phi) is 8.05. The molecule has 1 saturated heterocycles. The number of nitrogens with zero attached hydrogens (tertiary/aromatic N) is 3. The number of thioether (sulfide) groups is 2. The Morgan fingerprint density at radius 2 is 1.55 bits per heavy atom. The Morgan fingerprint density at radius 3 is 2.24 bits per heavy atom. The highest BCUT2D eigenvalue weighted by Crippen LogP contribution is 2.47. The van der Waals surface area contributed by atoms with Gasteiger partial charge in [0.15, 0.2) is 5.17 Å². The van der Waals surface area contributed by atoms with Crippen molar-refractivity contribution in [2.75, 3.05) is 25.1 Å². The molecule has 7 heteroatoms. The van der Waals surface area contributed by atoms with Crippen molar-refractivity contribution in [3.05, 3.63) is 106 Å². The number of amides is 1. The number of benzene rings is 3. The van der Waals surface area contributed by atoms with Crippen molar-refractivity contribution >= 4 is 58.1 Å². The first kappa shape index (κ1) is 25.9. The van der Waals surface area contributed by atoms with Gasteiger partial charge in [-0.2, -0.15) is 0 Å². The molecule has 0 aromatic heterocycles. The average Bonchev–Trinajstić information content (AvgIpc) is 3.46. The summed E-state index contributed by atoms with van der Waals surface area (Å²) in [5.41, 5.74) is 4.21. The minimum Gasteiger partial charge on any atom is -0.497 e. The molecule has 0 saturated carbocycles. The summed E-state index contributed by atoms with van der Waals surface area (Å²) < 4.78 is 5.41. The maximum atomic E-state index is 13.1. The highest BCUT2D eigenvalue weighted by Gasteiger charge is 2.32. The van der Waals surface area contributed by atoms with Crippen molar-refractivity contribution in [3.63, 3.8) is 0 Å². The van der Waals surface area contributed by atoms with Gasteiger partial charge in [-0.25, -0.2) is 4.99 Å². The monoisotopic (exact) mass is 539 g/mol. The van der Waals surface area contributed by atoms with E-state index in [4.69, 9.17) is 9.73 Å². The van der Waals surface area contributed by atoms with E-state index in [1.54, 1.807) is 23.8 Å². The summed E-state index contributed by atoms with van der Waals surface area (Å²) in [5.74, 6) is 0.823. The quantitative estimate of drug-likeness (QED) is 0.226. The Hall–Kier alpha value is -3.68. The van der Waals surface area contributed by atoms with Crippen molar-refractivity contribution in [1.82, 2.24) is 4.90 Å². The molecule has 0 radical (unpaired) electrons. The number of fused-ring (bicyclic) bond motifs is 1. The molecule has 0 atom stereocenters. The average molecular weight is 540 g/mol. The Morgan fingerprint density at radius 1 is 0.842 bits per heavy atom. The summed E-state index contributed by atoms with van der Waals surface area (Å²) >= 11 is 3.12. The number of likely N-dealkylation sites (N-methyl/N-ethyl adjacent to an activating group) is 1. The van der Waals surface area contributed by atoms with Crippen LogP contribution < -0.4 is 9.64 Å². The van der Waals surface area contributed by atoms with Crippen LogP contribution in [0.2, 0.25) is 0 Å². The molecule has 38 heavy (non-hydrogen) atoms. The normalized spacial score (nSPS) is 18.4. The fourth-order valence-corrected chi connectivity index (χ4v) is 6.33. The Balaban J connectivity index is 1.33. The first-order valence-corrected chi connectivity index (χ1v) is 14.2. The molecule has 3 aromatic rings. The topological polar surface area (TPSA) is 45.1 Å². The second-order valence-corrected chi connectivity index (χ2v) is 10.7. The van der Waals surface area contributed by atoms with E-state index >= 15 is 0 Å². The Labute approximate surface area is 232 Å². The number of anilines is 1. The van der Waals surface area contributed by atoms with Crippen LogP contribution in [-0.4, -0.2) is 36.2 Å². The first-order chi connectivity index (χ1) is 18.6. The molecule has 0 aliphatic carbocycles. The van der Waals surface area contributed by atoms with Gasteiger partial charge in [0, 0.05) is 24.1 Å². The zero-order chi connectivity index (χ0) is 26.5. The van der Waals surface area contributed by atoms with Crippen molar-refractivity contribution < 1.29 is 9.53 Å². The van der Waals surface area contributed by atoms with Crippen LogP contribution in [-0.2, 0) is 4.79 Å². The predicted molar refractivity (Wildman–Crippen MR) is 162 cm³/mol. The molecule has 2 aliphatic heterocycles. The van der Waals surface area contributed by atoms with Gasteiger partial charge in [-0.1, -0.05) is 66.4 Å². The molecule has 5 nitrogen and oxygen atoms in total. The van der Waals surface area contributed by atoms with Gasteiger partial charge >= 0.3 is 0 Å². The summed E-state index contributed by atoms with van der Waals surface area (Å²) in [5, 5.41) is 1.79.